The van der Waals surface area contributed by atoms with E-state index in [-0.39, 0.29) is 31.9 Å². The summed E-state index contributed by atoms with van der Waals surface area (Å²) in [4.78, 5) is 9.39. The molecule has 316 valence electrons. The number of rotatable bonds is 7. The van der Waals surface area contributed by atoms with Crippen molar-refractivity contribution >= 4 is 44.6 Å². The molecule has 7 aromatic carbocycles. The van der Waals surface area contributed by atoms with Crippen LogP contribution in [0.15, 0.2) is 164 Å². The number of nitrogens with zero attached hydrogens (tertiary/aromatic N) is 4. The van der Waals surface area contributed by atoms with Crippen LogP contribution in [0.2, 0.25) is 0 Å². The Balaban J connectivity index is 0.00000504. The number of pyridine rings is 1. The molecule has 0 saturated carbocycles. The normalized spacial score (nSPS) is 12.7. The third kappa shape index (κ3) is 7.96. The summed E-state index contributed by atoms with van der Waals surface area (Å²) in [7, 11) is 0. The molecule has 9 aromatic rings. The van der Waals surface area contributed by atoms with Gasteiger partial charge in [0.1, 0.15) is 5.82 Å². The number of anilines is 4. The molecule has 5 nitrogen and oxygen atoms in total. The van der Waals surface area contributed by atoms with E-state index in [0.717, 1.165) is 55.9 Å². The van der Waals surface area contributed by atoms with Crippen molar-refractivity contribution in [3.05, 3.63) is 199 Å². The van der Waals surface area contributed by atoms with Crippen LogP contribution in [0.1, 0.15) is 58.2 Å². The van der Waals surface area contributed by atoms with E-state index in [9.17, 15) is 0 Å². The molecule has 0 atom stereocenters. The predicted octanol–water partition coefficient (Wildman–Crippen LogP) is 15.2. The molecule has 0 saturated heterocycles. The first-order chi connectivity index (χ1) is 29.9. The summed E-state index contributed by atoms with van der Waals surface area (Å²) in [6, 6.07) is 63.0. The van der Waals surface area contributed by atoms with Gasteiger partial charge in [0.2, 0.25) is 0 Å². The topological polar surface area (TPSA) is 33.5 Å². The number of ether oxygens (including phenoxy) is 1. The van der Waals surface area contributed by atoms with Gasteiger partial charge in [-0.2, -0.15) is 12.1 Å². The SMILES string of the molecule is Cc1cc(C(C)(C)C)ccc1-c1ccnc(-n2c3[c-]c(Oc4[c-]c(N5[CH-]N(c6cccc(-c7ccccc7)c6)c6ccccc65)ccc4)ccc3c3cc(C(C)(C)C)ccc32)c1.[Pt]. The average Bonchev–Trinajstić information content (AvgIpc) is 3.82. The number of hydrogen-bond acceptors (Lipinski definition) is 4. The van der Waals surface area contributed by atoms with Gasteiger partial charge in [-0.05, 0) is 105 Å². The molecule has 1 aliphatic rings. The number of aryl methyl sites for hydroxylation is 1. The van der Waals surface area contributed by atoms with Crippen LogP contribution < -0.4 is 14.5 Å². The molecule has 2 aromatic heterocycles. The Bertz CT molecular complexity index is 3140. The summed E-state index contributed by atoms with van der Waals surface area (Å²) >= 11 is 0. The second-order valence-electron chi connectivity index (χ2n) is 18.3. The zero-order valence-electron chi connectivity index (χ0n) is 36.7. The minimum atomic E-state index is -0.0122. The smallest absolute Gasteiger partial charge is 0.136 e. The van der Waals surface area contributed by atoms with Gasteiger partial charge in [0.25, 0.3) is 0 Å². The first-order valence-electron chi connectivity index (χ1n) is 21.4. The Morgan fingerprint density at radius 3 is 2.00 bits per heavy atom. The minimum Gasteiger partial charge on any atom is -0.509 e. The Morgan fingerprint density at radius 2 is 1.24 bits per heavy atom. The summed E-state index contributed by atoms with van der Waals surface area (Å²) in [6.07, 6.45) is 1.92. The summed E-state index contributed by atoms with van der Waals surface area (Å²) in [5.41, 5.74) is 14.6. The number of hydrogen-bond donors (Lipinski definition) is 0. The molecular formula is C57H49N4OPt-3. The fraction of sp³-hybridized carbons (Fsp3) is 0.158. The standard InChI is InChI=1S/C57H49N4O.Pt/c1-38-31-42(56(2,3)4)23-26-48(38)41-29-30-58-55(33-41)61-51-28-24-43(57(5,6)7)34-50(51)49-27-25-47(36-54(49)61)62-46-20-14-19-45(35-46)60-37-59(52-21-11-12-22-53(52)60)44-18-13-17-40(32-44)39-15-9-8-10-16-39;/h8-34,37H,1-7H3;/q-3;. The average molecular weight is 1000 g/mol. The van der Waals surface area contributed by atoms with Gasteiger partial charge < -0.3 is 19.1 Å². The number of para-hydroxylation sites is 2. The van der Waals surface area contributed by atoms with Gasteiger partial charge in [-0.15, -0.1) is 48.1 Å². The van der Waals surface area contributed by atoms with Gasteiger partial charge in [-0.25, -0.2) is 4.98 Å². The van der Waals surface area contributed by atoms with Crippen molar-refractivity contribution in [2.75, 3.05) is 9.80 Å². The predicted molar refractivity (Wildman–Crippen MR) is 257 cm³/mol. The van der Waals surface area contributed by atoms with Crippen molar-refractivity contribution in [3.8, 4) is 39.6 Å². The van der Waals surface area contributed by atoms with E-state index in [4.69, 9.17) is 9.72 Å². The quantitative estimate of drug-likeness (QED) is 0.149. The fourth-order valence-electron chi connectivity index (χ4n) is 8.58. The van der Waals surface area contributed by atoms with Crippen molar-refractivity contribution in [2.24, 2.45) is 0 Å². The maximum absolute atomic E-state index is 6.66. The van der Waals surface area contributed by atoms with E-state index in [1.165, 1.54) is 33.4 Å². The van der Waals surface area contributed by atoms with Gasteiger partial charge in [0, 0.05) is 61.3 Å². The van der Waals surface area contributed by atoms with Crippen LogP contribution in [0.25, 0.3) is 49.9 Å². The second-order valence-corrected chi connectivity index (χ2v) is 18.3. The molecular weight excluding hydrogens is 952 g/mol. The molecule has 63 heavy (non-hydrogen) atoms. The van der Waals surface area contributed by atoms with Crippen molar-refractivity contribution in [2.45, 2.75) is 59.3 Å². The summed E-state index contributed by atoms with van der Waals surface area (Å²) < 4.78 is 8.89. The fourth-order valence-corrected chi connectivity index (χ4v) is 8.58. The van der Waals surface area contributed by atoms with Crippen LogP contribution in [0.5, 0.6) is 11.5 Å². The van der Waals surface area contributed by atoms with E-state index in [1.54, 1.807) is 0 Å². The van der Waals surface area contributed by atoms with Crippen molar-refractivity contribution < 1.29 is 25.8 Å². The number of benzene rings is 7. The van der Waals surface area contributed by atoms with Gasteiger partial charge in [0.05, 0.1) is 0 Å². The number of aromatic nitrogens is 2. The first-order valence-corrected chi connectivity index (χ1v) is 21.4. The molecule has 0 bridgehead atoms. The van der Waals surface area contributed by atoms with Crippen molar-refractivity contribution in [3.63, 3.8) is 0 Å². The Hall–Kier alpha value is -6.42. The summed E-state index contributed by atoms with van der Waals surface area (Å²) in [5.74, 6) is 2.02. The van der Waals surface area contributed by atoms with E-state index >= 15 is 0 Å². The third-order valence-electron chi connectivity index (χ3n) is 12.0. The molecule has 0 spiro atoms. The maximum Gasteiger partial charge on any atom is 0.136 e. The van der Waals surface area contributed by atoms with Crippen LogP contribution in [0.3, 0.4) is 0 Å². The van der Waals surface area contributed by atoms with E-state index in [0.29, 0.717) is 11.5 Å². The van der Waals surface area contributed by atoms with Crippen LogP contribution in [0, 0.1) is 25.7 Å². The van der Waals surface area contributed by atoms with E-state index in [1.807, 2.05) is 24.4 Å². The minimum absolute atomic E-state index is 0. The first kappa shape index (κ1) is 41.9. The van der Waals surface area contributed by atoms with Crippen LogP contribution >= 0.6 is 0 Å². The van der Waals surface area contributed by atoms with Gasteiger partial charge in [-0.3, -0.25) is 0 Å². The van der Waals surface area contributed by atoms with Crippen LogP contribution in [-0.4, -0.2) is 9.55 Å². The molecule has 0 aliphatic carbocycles. The molecule has 0 N–H and O–H groups in total. The third-order valence-corrected chi connectivity index (χ3v) is 12.0. The van der Waals surface area contributed by atoms with Gasteiger partial charge >= 0.3 is 0 Å². The molecule has 10 rings (SSSR count). The van der Waals surface area contributed by atoms with E-state index in [2.05, 4.69) is 221 Å². The van der Waals surface area contributed by atoms with Crippen LogP contribution in [-0.2, 0) is 31.9 Å². The Morgan fingerprint density at radius 1 is 0.556 bits per heavy atom. The molecule has 0 radical (unpaired) electrons. The molecule has 0 amide bonds. The van der Waals surface area contributed by atoms with Crippen molar-refractivity contribution in [1.29, 1.82) is 0 Å². The maximum atomic E-state index is 6.66. The van der Waals surface area contributed by atoms with Gasteiger partial charge in [0.15, 0.2) is 0 Å². The van der Waals surface area contributed by atoms with E-state index < -0.39 is 0 Å². The summed E-state index contributed by atoms with van der Waals surface area (Å²) in [6.45, 7) is 17.9. The Kier molecular flexibility index (Phi) is 10.9. The van der Waals surface area contributed by atoms with Crippen LogP contribution in [0.4, 0.5) is 22.7 Å². The largest absolute Gasteiger partial charge is 0.509 e. The monoisotopic (exact) mass is 1000 g/mol. The molecule has 0 unspecified atom stereocenters. The van der Waals surface area contributed by atoms with Crippen molar-refractivity contribution in [1.82, 2.24) is 9.55 Å². The molecule has 0 fully saturated rings. The molecule has 6 heteroatoms. The Labute approximate surface area is 385 Å². The number of fused-ring (bicyclic) bond motifs is 4. The molecule has 3 heterocycles. The molecule has 1 aliphatic heterocycles. The van der Waals surface area contributed by atoms with Gasteiger partial charge in [-0.1, -0.05) is 132 Å². The zero-order valence-corrected chi connectivity index (χ0v) is 39.0. The summed E-state index contributed by atoms with van der Waals surface area (Å²) in [5, 5.41) is 2.25. The zero-order chi connectivity index (χ0) is 42.8. The second kappa shape index (κ2) is 16.4.